The van der Waals surface area contributed by atoms with Crippen LogP contribution in [0.15, 0.2) is 30.3 Å². The summed E-state index contributed by atoms with van der Waals surface area (Å²) in [5.74, 6) is 3.84. The van der Waals surface area contributed by atoms with E-state index in [0.29, 0.717) is 46.1 Å². The molecule has 6 aliphatic rings. The molecule has 7 rings (SSSR count). The van der Waals surface area contributed by atoms with Crippen molar-refractivity contribution in [1.82, 2.24) is 15.1 Å². The van der Waals surface area contributed by atoms with Crippen molar-refractivity contribution in [1.29, 1.82) is 0 Å². The first-order valence-corrected chi connectivity index (χ1v) is 20.1. The number of allylic oxidation sites excluding steroid dienone is 2. The SMILES string of the molecule is CC(C)CC(=O)N1CCN(CCN[C@]23CCCC2[C@H]2CCC4[C@@](C)(CCC5C(C)(C)C(c6ccc(C(=O)O)cc6)=CC[C@@]54C)C2CC3)CC1. The summed E-state index contributed by atoms with van der Waals surface area (Å²) >= 11 is 0. The highest BCUT2D eigenvalue weighted by molar-refractivity contribution is 5.88. The van der Waals surface area contributed by atoms with E-state index in [-0.39, 0.29) is 5.41 Å². The van der Waals surface area contributed by atoms with E-state index in [0.717, 1.165) is 69.4 Å². The number of nitrogens with one attached hydrogen (secondary N) is 1. The normalized spacial score (nSPS) is 38.6. The number of carboxylic acids is 1. The van der Waals surface area contributed by atoms with Crippen LogP contribution in [0, 0.1) is 51.8 Å². The average Bonchev–Trinajstić information content (AvgIpc) is 3.49. The second kappa shape index (κ2) is 13.1. The Morgan fingerprint density at radius 3 is 2.29 bits per heavy atom. The van der Waals surface area contributed by atoms with Gasteiger partial charge in [0.15, 0.2) is 0 Å². The Morgan fingerprint density at radius 2 is 1.59 bits per heavy atom. The molecule has 4 unspecified atom stereocenters. The van der Waals surface area contributed by atoms with Crippen LogP contribution in [-0.4, -0.2) is 71.6 Å². The highest BCUT2D eigenvalue weighted by Crippen LogP contribution is 2.72. The smallest absolute Gasteiger partial charge is 0.335 e. The van der Waals surface area contributed by atoms with Gasteiger partial charge in [0.1, 0.15) is 0 Å². The fraction of sp³-hybridized carbons (Fsp3) is 0.767. The maximum atomic E-state index is 12.6. The molecule has 1 saturated heterocycles. The molecule has 1 aliphatic heterocycles. The molecule has 49 heavy (non-hydrogen) atoms. The highest BCUT2D eigenvalue weighted by Gasteiger charge is 2.65. The third-order valence-corrected chi connectivity index (χ3v) is 15.7. The van der Waals surface area contributed by atoms with Crippen LogP contribution in [0.1, 0.15) is 128 Å². The molecule has 8 atom stereocenters. The van der Waals surface area contributed by atoms with Crippen molar-refractivity contribution in [3.8, 4) is 0 Å². The van der Waals surface area contributed by atoms with Crippen molar-refractivity contribution in [2.75, 3.05) is 39.3 Å². The summed E-state index contributed by atoms with van der Waals surface area (Å²) in [6.45, 7) is 20.6. The van der Waals surface area contributed by atoms with Crippen molar-refractivity contribution in [3.63, 3.8) is 0 Å². The van der Waals surface area contributed by atoms with Gasteiger partial charge < -0.3 is 15.3 Å². The number of piperazine rings is 1. The Balaban J connectivity index is 1.01. The molecular weight excluding hydrogens is 606 g/mol. The number of hydrogen-bond donors (Lipinski definition) is 2. The quantitative estimate of drug-likeness (QED) is 0.291. The lowest BCUT2D eigenvalue weighted by atomic mass is 9.37. The summed E-state index contributed by atoms with van der Waals surface area (Å²) in [7, 11) is 0. The topological polar surface area (TPSA) is 72.9 Å². The highest BCUT2D eigenvalue weighted by atomic mass is 16.4. The van der Waals surface area contributed by atoms with Crippen molar-refractivity contribution in [2.45, 2.75) is 118 Å². The molecule has 270 valence electrons. The van der Waals surface area contributed by atoms with Crippen molar-refractivity contribution >= 4 is 17.4 Å². The molecule has 2 N–H and O–H groups in total. The molecule has 1 aromatic carbocycles. The fourth-order valence-corrected chi connectivity index (χ4v) is 13.6. The van der Waals surface area contributed by atoms with E-state index in [9.17, 15) is 14.7 Å². The monoisotopic (exact) mass is 672 g/mol. The zero-order chi connectivity index (χ0) is 34.8. The number of carbonyl (C=O) groups excluding carboxylic acids is 1. The first kappa shape index (κ1) is 35.2. The first-order valence-electron chi connectivity index (χ1n) is 20.1. The summed E-state index contributed by atoms with van der Waals surface area (Å²) in [5, 5.41) is 13.7. The van der Waals surface area contributed by atoms with E-state index < -0.39 is 5.97 Å². The standard InChI is InChI=1S/C43H65N3O3/c1-29(2)28-38(47)46-26-24-45(25-27-46)23-22-44-43-18-7-8-35(43)32-13-14-37-41(5,34(32)16-21-43)20-17-36-40(3,4)33(15-19-42(36,37)6)30-9-11-31(12-10-30)39(48)49/h9-12,15,29,32,34-37,44H,7-8,13-14,16-28H2,1-6H3,(H,48,49)/t32-,34?,35?,36?,37?,41-,42-,43-/m0/s1. The van der Waals surface area contributed by atoms with Gasteiger partial charge in [0, 0.05) is 51.2 Å². The van der Waals surface area contributed by atoms with Crippen LogP contribution in [0.25, 0.3) is 5.57 Å². The van der Waals surface area contributed by atoms with Crippen LogP contribution in [-0.2, 0) is 4.79 Å². The summed E-state index contributed by atoms with van der Waals surface area (Å²) in [5.41, 5.74) is 4.10. The van der Waals surface area contributed by atoms with Gasteiger partial charge in [-0.1, -0.05) is 66.2 Å². The molecule has 6 nitrogen and oxygen atoms in total. The predicted molar refractivity (Wildman–Crippen MR) is 198 cm³/mol. The molecule has 0 aromatic heterocycles. The molecule has 5 fully saturated rings. The van der Waals surface area contributed by atoms with Crippen LogP contribution < -0.4 is 5.32 Å². The lowest BCUT2D eigenvalue weighted by Gasteiger charge is -2.68. The second-order valence-corrected chi connectivity index (χ2v) is 18.9. The van der Waals surface area contributed by atoms with Gasteiger partial charge in [-0.25, -0.2) is 4.79 Å². The molecule has 0 radical (unpaired) electrons. The van der Waals surface area contributed by atoms with Gasteiger partial charge in [-0.3, -0.25) is 9.69 Å². The van der Waals surface area contributed by atoms with E-state index in [4.69, 9.17) is 0 Å². The van der Waals surface area contributed by atoms with Crippen molar-refractivity contribution < 1.29 is 14.7 Å². The molecule has 0 spiro atoms. The Bertz CT molecular complexity index is 1430. The summed E-state index contributed by atoms with van der Waals surface area (Å²) < 4.78 is 0. The van der Waals surface area contributed by atoms with E-state index in [1.165, 1.54) is 68.9 Å². The largest absolute Gasteiger partial charge is 0.478 e. The molecule has 1 heterocycles. The number of aromatic carboxylic acids is 1. The molecule has 6 heteroatoms. The molecule has 1 amide bonds. The number of carboxylic acid groups (broad SMARTS) is 1. The Morgan fingerprint density at radius 1 is 0.857 bits per heavy atom. The predicted octanol–water partition coefficient (Wildman–Crippen LogP) is 8.38. The minimum absolute atomic E-state index is 0.0588. The number of hydrogen-bond acceptors (Lipinski definition) is 4. The van der Waals surface area contributed by atoms with Gasteiger partial charge >= 0.3 is 5.97 Å². The van der Waals surface area contributed by atoms with Gasteiger partial charge in [-0.2, -0.15) is 0 Å². The number of carbonyl (C=O) groups is 2. The van der Waals surface area contributed by atoms with Gasteiger partial charge in [-0.15, -0.1) is 0 Å². The van der Waals surface area contributed by atoms with Crippen molar-refractivity contribution in [3.05, 3.63) is 41.5 Å². The maximum absolute atomic E-state index is 12.6. The lowest BCUT2D eigenvalue weighted by Crippen LogP contribution is -2.64. The Hall–Kier alpha value is -2.18. The summed E-state index contributed by atoms with van der Waals surface area (Å²) in [6.07, 6.45) is 16.7. The summed E-state index contributed by atoms with van der Waals surface area (Å²) in [4.78, 5) is 28.8. The fourth-order valence-electron chi connectivity index (χ4n) is 13.6. The zero-order valence-corrected chi connectivity index (χ0v) is 31.5. The van der Waals surface area contributed by atoms with E-state index in [2.05, 4.69) is 62.7 Å². The van der Waals surface area contributed by atoms with Crippen LogP contribution in [0.4, 0.5) is 0 Å². The van der Waals surface area contributed by atoms with Gasteiger partial charge in [0.2, 0.25) is 5.91 Å². The number of benzene rings is 1. The number of fused-ring (bicyclic) bond motifs is 7. The third kappa shape index (κ3) is 6.03. The van der Waals surface area contributed by atoms with E-state index in [1.807, 2.05) is 12.1 Å². The minimum Gasteiger partial charge on any atom is -0.478 e. The van der Waals surface area contributed by atoms with Crippen LogP contribution in [0.3, 0.4) is 0 Å². The van der Waals surface area contributed by atoms with Crippen LogP contribution in [0.2, 0.25) is 0 Å². The molecule has 4 saturated carbocycles. The van der Waals surface area contributed by atoms with E-state index >= 15 is 0 Å². The van der Waals surface area contributed by atoms with Crippen LogP contribution >= 0.6 is 0 Å². The lowest BCUT2D eigenvalue weighted by molar-refractivity contribution is -0.172. The zero-order valence-electron chi connectivity index (χ0n) is 31.5. The van der Waals surface area contributed by atoms with Gasteiger partial charge in [-0.05, 0) is 133 Å². The number of amides is 1. The van der Waals surface area contributed by atoms with Gasteiger partial charge in [0.05, 0.1) is 5.56 Å². The Kier molecular flexibility index (Phi) is 9.42. The van der Waals surface area contributed by atoms with Crippen molar-refractivity contribution in [2.24, 2.45) is 51.8 Å². The number of nitrogens with zero attached hydrogens (tertiary/aromatic N) is 2. The maximum Gasteiger partial charge on any atom is 0.335 e. The average molecular weight is 672 g/mol. The van der Waals surface area contributed by atoms with E-state index in [1.54, 1.807) is 12.1 Å². The molecule has 5 aliphatic carbocycles. The Labute approximate surface area is 296 Å². The second-order valence-electron chi connectivity index (χ2n) is 18.9. The third-order valence-electron chi connectivity index (χ3n) is 15.7. The minimum atomic E-state index is -0.854. The van der Waals surface area contributed by atoms with Crippen LogP contribution in [0.5, 0.6) is 0 Å². The van der Waals surface area contributed by atoms with Gasteiger partial charge in [0.25, 0.3) is 0 Å². The molecule has 0 bridgehead atoms. The first-order chi connectivity index (χ1) is 23.3. The molecular formula is C43H65N3O3. The summed E-state index contributed by atoms with van der Waals surface area (Å²) in [6, 6.07) is 7.64. The molecule has 1 aromatic rings. The number of rotatable bonds is 8.